The molecule has 0 atom stereocenters. The van der Waals surface area contributed by atoms with Crippen molar-refractivity contribution in [1.29, 1.82) is 0 Å². The minimum atomic E-state index is -2.44. The molecule has 0 aliphatic carbocycles. The molecule has 0 fully saturated rings. The second-order valence-electron chi connectivity index (χ2n) is 10.9. The highest BCUT2D eigenvalue weighted by Crippen LogP contribution is 2.30. The van der Waals surface area contributed by atoms with Crippen LogP contribution in [0.1, 0.15) is 42.5 Å². The number of carbonyl (C=O) groups is 2. The molecule has 0 spiro atoms. The van der Waals surface area contributed by atoms with Crippen LogP contribution in [0.15, 0.2) is 41.2 Å². The monoisotopic (exact) mass is 621 g/mol. The molecule has 0 saturated heterocycles. The van der Waals surface area contributed by atoms with E-state index in [-0.39, 0.29) is 24.3 Å². The Hall–Kier alpha value is -4.88. The number of anilines is 1. The Morgan fingerprint density at radius 1 is 0.909 bits per heavy atom. The van der Waals surface area contributed by atoms with Gasteiger partial charge in [0.1, 0.15) is 11.6 Å². The Morgan fingerprint density at radius 3 is 2.11 bits per heavy atom. The number of ether oxygens (including phenoxy) is 2. The smallest absolute Gasteiger partial charge is 0.346 e. The van der Waals surface area contributed by atoms with Crippen LogP contribution >= 0.6 is 0 Å². The van der Waals surface area contributed by atoms with Gasteiger partial charge in [0, 0.05) is 19.3 Å². The number of carbonyl (C=O) groups excluding carboxylic acids is 2. The first kappa shape index (κ1) is 32.0. The number of nitrogens with zero attached hydrogens (tertiary/aromatic N) is 3. The molecule has 0 amide bonds. The highest BCUT2D eigenvalue weighted by molar-refractivity contribution is 5.92. The molecule has 0 unspecified atom stereocenters. The van der Waals surface area contributed by atoms with E-state index in [2.05, 4.69) is 9.72 Å². The van der Waals surface area contributed by atoms with Crippen molar-refractivity contribution >= 4 is 28.5 Å². The molecule has 3 aromatic carbocycles. The van der Waals surface area contributed by atoms with E-state index in [9.17, 15) is 40.7 Å². The third kappa shape index (κ3) is 6.24. The summed E-state index contributed by atoms with van der Waals surface area (Å²) in [5.74, 6) is -16.8. The van der Waals surface area contributed by atoms with E-state index in [4.69, 9.17) is 4.74 Å². The number of esters is 2. The van der Waals surface area contributed by atoms with Gasteiger partial charge in [-0.05, 0) is 63.6 Å². The van der Waals surface area contributed by atoms with Crippen molar-refractivity contribution < 1.29 is 45.4 Å². The van der Waals surface area contributed by atoms with Gasteiger partial charge in [-0.2, -0.15) is 8.78 Å². The molecule has 1 heterocycles. The van der Waals surface area contributed by atoms with E-state index in [1.807, 2.05) is 0 Å². The zero-order chi connectivity index (χ0) is 32.7. The number of benzene rings is 3. The number of aryl methyl sites for hydroxylation is 1. The number of aromatic nitrogens is 2. The van der Waals surface area contributed by atoms with Crippen LogP contribution < -0.4 is 15.2 Å². The minimum Gasteiger partial charge on any atom is -0.443 e. The molecule has 8 nitrogen and oxygen atoms in total. The van der Waals surface area contributed by atoms with Crippen molar-refractivity contribution in [2.45, 2.75) is 41.0 Å². The number of hydrogen-bond donors (Lipinski definition) is 0. The van der Waals surface area contributed by atoms with Gasteiger partial charge in [0.2, 0.25) is 34.8 Å². The van der Waals surface area contributed by atoms with E-state index >= 15 is 0 Å². The topological polar surface area (TPSA) is 90.7 Å². The summed E-state index contributed by atoms with van der Waals surface area (Å²) in [7, 11) is 1.57. The van der Waals surface area contributed by atoms with Crippen LogP contribution in [-0.4, -0.2) is 28.5 Å². The first-order chi connectivity index (χ1) is 20.5. The van der Waals surface area contributed by atoms with Crippen LogP contribution in [0.3, 0.4) is 0 Å². The van der Waals surface area contributed by atoms with Crippen LogP contribution in [-0.2, 0) is 22.8 Å². The van der Waals surface area contributed by atoms with E-state index < -0.39 is 69.1 Å². The second kappa shape index (κ2) is 12.0. The van der Waals surface area contributed by atoms with Gasteiger partial charge in [0.15, 0.2) is 6.73 Å². The largest absolute Gasteiger partial charge is 0.443 e. The Morgan fingerprint density at radius 2 is 1.52 bits per heavy atom. The molecule has 44 heavy (non-hydrogen) atoms. The molecular weight excluding hydrogens is 596 g/mol. The van der Waals surface area contributed by atoms with E-state index in [1.54, 1.807) is 57.8 Å². The standard InChI is InChI=1S/C30H25F6N3O5/c1-14-37-20-9-6-15(10-18(20)27(40)39(14)13-43-29(42)30(2,3)4)12-38(5)16-7-8-17(19(31)11-16)28(41)44-26-24(35)22(33)21(32)23(34)25(26)36/h6-11H,12-13H2,1-5H3. The molecule has 1 aromatic heterocycles. The summed E-state index contributed by atoms with van der Waals surface area (Å²) in [5, 5.41) is 0.241. The zero-order valence-electron chi connectivity index (χ0n) is 24.0. The summed E-state index contributed by atoms with van der Waals surface area (Å²) >= 11 is 0. The third-order valence-corrected chi connectivity index (χ3v) is 6.54. The lowest BCUT2D eigenvalue weighted by molar-refractivity contribution is -0.157. The van der Waals surface area contributed by atoms with Crippen molar-refractivity contribution in [2.24, 2.45) is 5.41 Å². The fourth-order valence-electron chi connectivity index (χ4n) is 4.06. The van der Waals surface area contributed by atoms with E-state index in [0.29, 0.717) is 16.9 Å². The van der Waals surface area contributed by atoms with Gasteiger partial charge in [-0.25, -0.2) is 27.3 Å². The summed E-state index contributed by atoms with van der Waals surface area (Å²) in [6.07, 6.45) is 0. The van der Waals surface area contributed by atoms with Gasteiger partial charge >= 0.3 is 11.9 Å². The summed E-state index contributed by atoms with van der Waals surface area (Å²) < 4.78 is 93.6. The van der Waals surface area contributed by atoms with Gasteiger partial charge in [-0.15, -0.1) is 0 Å². The average Bonchev–Trinajstić information content (AvgIpc) is 2.96. The lowest BCUT2D eigenvalue weighted by Gasteiger charge is -2.20. The van der Waals surface area contributed by atoms with Gasteiger partial charge in [0.05, 0.1) is 21.9 Å². The SMILES string of the molecule is Cc1nc2ccc(CN(C)c3ccc(C(=O)Oc4c(F)c(F)c(F)c(F)c4F)c(F)c3)cc2c(=O)n1COC(=O)C(C)(C)C. The molecule has 14 heteroatoms. The maximum atomic E-state index is 14.9. The number of hydrogen-bond acceptors (Lipinski definition) is 7. The maximum absolute atomic E-state index is 14.9. The van der Waals surface area contributed by atoms with Crippen LogP contribution in [0.2, 0.25) is 0 Å². The van der Waals surface area contributed by atoms with Crippen LogP contribution in [0, 0.1) is 47.2 Å². The fourth-order valence-corrected chi connectivity index (χ4v) is 4.06. The lowest BCUT2D eigenvalue weighted by atomic mass is 9.98. The Labute approximate surface area is 246 Å². The predicted octanol–water partition coefficient (Wildman–Crippen LogP) is 5.94. The molecule has 232 valence electrons. The molecule has 4 aromatic rings. The molecule has 0 bridgehead atoms. The summed E-state index contributed by atoms with van der Waals surface area (Å²) in [6.45, 7) is 6.45. The van der Waals surface area contributed by atoms with Crippen LogP contribution in [0.4, 0.5) is 32.0 Å². The summed E-state index contributed by atoms with van der Waals surface area (Å²) in [5.41, 5.74) is -0.804. The minimum absolute atomic E-state index is 0.135. The average molecular weight is 622 g/mol. The molecule has 0 radical (unpaired) electrons. The van der Waals surface area contributed by atoms with E-state index in [1.165, 1.54) is 10.6 Å². The highest BCUT2D eigenvalue weighted by atomic mass is 19.2. The molecule has 0 N–H and O–H groups in total. The number of rotatable bonds is 7. The number of fused-ring (bicyclic) bond motifs is 1. The quantitative estimate of drug-likeness (QED) is 0.0830. The maximum Gasteiger partial charge on any atom is 0.346 e. The Kier molecular flexibility index (Phi) is 8.75. The van der Waals surface area contributed by atoms with Crippen LogP contribution in [0.25, 0.3) is 10.9 Å². The number of halogens is 6. The van der Waals surface area contributed by atoms with Crippen molar-refractivity contribution in [2.75, 3.05) is 11.9 Å². The highest BCUT2D eigenvalue weighted by Gasteiger charge is 2.30. The Balaban J connectivity index is 1.54. The van der Waals surface area contributed by atoms with E-state index in [0.717, 1.165) is 12.1 Å². The van der Waals surface area contributed by atoms with Crippen molar-refractivity contribution in [1.82, 2.24) is 9.55 Å². The fraction of sp³-hybridized carbons (Fsp3) is 0.267. The first-order valence-electron chi connectivity index (χ1n) is 12.9. The summed E-state index contributed by atoms with van der Waals surface area (Å²) in [4.78, 5) is 43.7. The molecule has 0 saturated carbocycles. The lowest BCUT2D eigenvalue weighted by Crippen LogP contribution is -2.30. The first-order valence-corrected chi connectivity index (χ1v) is 12.9. The molecular formula is C30H25F6N3O5. The summed E-state index contributed by atoms with van der Waals surface area (Å²) in [6, 6.07) is 7.98. The molecule has 4 rings (SSSR count). The third-order valence-electron chi connectivity index (χ3n) is 6.54. The van der Waals surface area contributed by atoms with Gasteiger partial charge in [-0.1, -0.05) is 6.07 Å². The van der Waals surface area contributed by atoms with Gasteiger partial charge in [-0.3, -0.25) is 14.2 Å². The van der Waals surface area contributed by atoms with Crippen molar-refractivity contribution in [3.05, 3.63) is 98.6 Å². The van der Waals surface area contributed by atoms with Crippen LogP contribution in [0.5, 0.6) is 5.75 Å². The molecule has 0 aliphatic heterocycles. The predicted molar refractivity (Wildman–Crippen MR) is 146 cm³/mol. The normalized spacial score (nSPS) is 11.5. The van der Waals surface area contributed by atoms with Gasteiger partial charge in [0.25, 0.3) is 5.56 Å². The van der Waals surface area contributed by atoms with Crippen molar-refractivity contribution in [3.8, 4) is 5.75 Å². The Bertz CT molecular complexity index is 1840. The molecule has 0 aliphatic rings. The zero-order valence-corrected chi connectivity index (χ0v) is 24.0. The van der Waals surface area contributed by atoms with Gasteiger partial charge < -0.3 is 14.4 Å². The van der Waals surface area contributed by atoms with Crippen molar-refractivity contribution in [3.63, 3.8) is 0 Å². The second-order valence-corrected chi connectivity index (χ2v) is 10.9.